The van der Waals surface area contributed by atoms with Gasteiger partial charge in [-0.15, -0.1) is 0 Å². The van der Waals surface area contributed by atoms with Crippen molar-refractivity contribution in [3.05, 3.63) is 33.2 Å². The van der Waals surface area contributed by atoms with Gasteiger partial charge in [0.2, 0.25) is 0 Å². The predicted octanol–water partition coefficient (Wildman–Crippen LogP) is 1.06. The van der Waals surface area contributed by atoms with E-state index < -0.39 is 28.8 Å². The quantitative estimate of drug-likeness (QED) is 0.802. The molecular weight excluding hydrogens is 225 g/mol. The topological polar surface area (TPSA) is 76.0 Å². The van der Waals surface area contributed by atoms with Gasteiger partial charge in [-0.2, -0.15) is 13.2 Å². The molecule has 0 saturated carbocycles. The zero-order valence-corrected chi connectivity index (χ0v) is 8.31. The van der Waals surface area contributed by atoms with Crippen LogP contribution in [0.4, 0.5) is 13.2 Å². The van der Waals surface area contributed by atoms with Crippen molar-refractivity contribution in [2.75, 3.05) is 0 Å². The minimum Gasteiger partial charge on any atom is -0.365 e. The fourth-order valence-electron chi connectivity index (χ4n) is 1.27. The van der Waals surface area contributed by atoms with E-state index in [0.29, 0.717) is 0 Å². The number of pyridine rings is 1. The molecule has 1 heterocycles. The first kappa shape index (κ1) is 12.3. The number of nitrogens with one attached hydrogen (secondary N) is 1. The number of hydrogen-bond acceptors (Lipinski definition) is 2. The maximum absolute atomic E-state index is 12.5. The third-order valence-corrected chi connectivity index (χ3v) is 2.02. The Balaban J connectivity index is 3.60. The molecule has 1 amide bonds. The molecule has 0 fully saturated rings. The largest absolute Gasteiger partial charge is 0.417 e. The molecule has 0 aliphatic rings. The first-order chi connectivity index (χ1) is 7.27. The van der Waals surface area contributed by atoms with Crippen LogP contribution < -0.4 is 11.3 Å². The second kappa shape index (κ2) is 3.99. The summed E-state index contributed by atoms with van der Waals surface area (Å²) in [7, 11) is 0. The zero-order valence-electron chi connectivity index (χ0n) is 8.31. The van der Waals surface area contributed by atoms with Gasteiger partial charge in [0.05, 0.1) is 5.56 Å². The molecule has 0 unspecified atom stereocenters. The Morgan fingerprint density at radius 2 is 2.06 bits per heavy atom. The van der Waals surface area contributed by atoms with Crippen LogP contribution in [0.3, 0.4) is 0 Å². The summed E-state index contributed by atoms with van der Waals surface area (Å²) in [5.41, 5.74) is 1.39. The number of aryl methyl sites for hydroxylation is 1. The summed E-state index contributed by atoms with van der Waals surface area (Å²) in [6, 6.07) is 0.724. The van der Waals surface area contributed by atoms with Crippen molar-refractivity contribution in [3.8, 4) is 0 Å². The number of halogens is 3. The lowest BCUT2D eigenvalue weighted by atomic mass is 10.1. The molecule has 88 valence electrons. The van der Waals surface area contributed by atoms with Crippen LogP contribution in [0.15, 0.2) is 10.9 Å². The first-order valence-electron chi connectivity index (χ1n) is 4.40. The monoisotopic (exact) mass is 234 g/mol. The summed E-state index contributed by atoms with van der Waals surface area (Å²) < 4.78 is 37.6. The molecule has 0 saturated heterocycles. The van der Waals surface area contributed by atoms with Gasteiger partial charge in [0.15, 0.2) is 0 Å². The second-order valence-electron chi connectivity index (χ2n) is 3.13. The number of alkyl halides is 3. The third kappa shape index (κ3) is 2.23. The van der Waals surface area contributed by atoms with Crippen molar-refractivity contribution in [1.82, 2.24) is 4.98 Å². The summed E-state index contributed by atoms with van der Waals surface area (Å²) in [6.07, 6.45) is -4.56. The van der Waals surface area contributed by atoms with E-state index in [1.165, 1.54) is 0 Å². The molecule has 0 aromatic carbocycles. The first-order valence-corrected chi connectivity index (χ1v) is 4.40. The van der Waals surface area contributed by atoms with Crippen molar-refractivity contribution < 1.29 is 18.0 Å². The third-order valence-electron chi connectivity index (χ3n) is 2.02. The number of hydrogen-bond donors (Lipinski definition) is 2. The zero-order chi connectivity index (χ0) is 12.5. The molecule has 7 heteroatoms. The smallest absolute Gasteiger partial charge is 0.365 e. The van der Waals surface area contributed by atoms with Gasteiger partial charge in [0.25, 0.3) is 11.5 Å². The van der Waals surface area contributed by atoms with E-state index >= 15 is 0 Å². The van der Waals surface area contributed by atoms with E-state index in [1.807, 2.05) is 0 Å². The van der Waals surface area contributed by atoms with Gasteiger partial charge >= 0.3 is 6.18 Å². The number of carbonyl (C=O) groups excluding carboxylic acids is 1. The second-order valence-corrected chi connectivity index (χ2v) is 3.13. The average Bonchev–Trinajstić information content (AvgIpc) is 2.14. The molecule has 1 aromatic heterocycles. The Morgan fingerprint density at radius 1 is 1.50 bits per heavy atom. The number of primary amides is 1. The molecule has 1 aromatic rings. The highest BCUT2D eigenvalue weighted by atomic mass is 19.4. The minimum atomic E-state index is -4.78. The summed E-state index contributed by atoms with van der Waals surface area (Å²) in [4.78, 5) is 24.2. The number of amides is 1. The molecular formula is C9H9F3N2O2. The Bertz CT molecular complexity index is 477. The molecule has 0 bridgehead atoms. The number of carbonyl (C=O) groups is 1. The van der Waals surface area contributed by atoms with Crippen LogP contribution in [0.25, 0.3) is 0 Å². The van der Waals surface area contributed by atoms with Gasteiger partial charge in [0, 0.05) is 5.69 Å². The number of aromatic nitrogens is 1. The molecule has 1 rings (SSSR count). The number of rotatable bonds is 2. The summed E-state index contributed by atoms with van der Waals surface area (Å²) in [5, 5.41) is 0. The van der Waals surface area contributed by atoms with Crippen LogP contribution in [0, 0.1) is 0 Å². The highest BCUT2D eigenvalue weighted by Gasteiger charge is 2.36. The van der Waals surface area contributed by atoms with Crippen LogP contribution in [0.1, 0.15) is 28.5 Å². The fraction of sp³-hybridized carbons (Fsp3) is 0.333. The van der Waals surface area contributed by atoms with Gasteiger partial charge in [-0.1, -0.05) is 6.92 Å². The van der Waals surface area contributed by atoms with Gasteiger partial charge in [-0.3, -0.25) is 9.59 Å². The highest BCUT2D eigenvalue weighted by Crippen LogP contribution is 2.30. The van der Waals surface area contributed by atoms with Crippen LogP contribution in [0.5, 0.6) is 0 Å². The molecule has 0 radical (unpaired) electrons. The predicted molar refractivity (Wildman–Crippen MR) is 50.0 cm³/mol. The van der Waals surface area contributed by atoms with Crippen LogP contribution >= 0.6 is 0 Å². The Morgan fingerprint density at radius 3 is 2.44 bits per heavy atom. The van der Waals surface area contributed by atoms with E-state index in [2.05, 4.69) is 4.98 Å². The number of nitrogens with two attached hydrogens (primary N) is 1. The number of H-pyrrole nitrogens is 1. The van der Waals surface area contributed by atoms with Crippen LogP contribution in [0.2, 0.25) is 0 Å². The molecule has 3 N–H and O–H groups in total. The van der Waals surface area contributed by atoms with E-state index in [0.717, 1.165) is 6.07 Å². The molecule has 16 heavy (non-hydrogen) atoms. The Labute approximate surface area is 88.3 Å². The molecule has 0 spiro atoms. The highest BCUT2D eigenvalue weighted by molar-refractivity contribution is 5.94. The maximum atomic E-state index is 12.5. The van der Waals surface area contributed by atoms with Crippen molar-refractivity contribution in [2.24, 2.45) is 5.73 Å². The normalized spacial score (nSPS) is 11.5. The van der Waals surface area contributed by atoms with Crippen molar-refractivity contribution >= 4 is 5.91 Å². The van der Waals surface area contributed by atoms with Gasteiger partial charge in [-0.05, 0) is 12.5 Å². The average molecular weight is 234 g/mol. The van der Waals surface area contributed by atoms with Crippen LogP contribution in [-0.2, 0) is 12.6 Å². The van der Waals surface area contributed by atoms with E-state index in [9.17, 15) is 22.8 Å². The molecule has 4 nitrogen and oxygen atoms in total. The van der Waals surface area contributed by atoms with Gasteiger partial charge < -0.3 is 10.7 Å². The van der Waals surface area contributed by atoms with E-state index in [4.69, 9.17) is 5.73 Å². The summed E-state index contributed by atoms with van der Waals surface area (Å²) in [6.45, 7) is 1.58. The molecule has 0 aliphatic carbocycles. The lowest BCUT2D eigenvalue weighted by Crippen LogP contribution is -2.29. The van der Waals surface area contributed by atoms with Crippen LogP contribution in [-0.4, -0.2) is 10.9 Å². The Hall–Kier alpha value is -1.79. The minimum absolute atomic E-state index is 0.0994. The van der Waals surface area contributed by atoms with Crippen molar-refractivity contribution in [3.63, 3.8) is 0 Å². The van der Waals surface area contributed by atoms with Gasteiger partial charge in [0.1, 0.15) is 5.56 Å². The molecule has 0 atom stereocenters. The maximum Gasteiger partial charge on any atom is 0.417 e. The summed E-state index contributed by atoms with van der Waals surface area (Å²) >= 11 is 0. The van der Waals surface area contributed by atoms with E-state index in [-0.39, 0.29) is 12.1 Å². The summed E-state index contributed by atoms with van der Waals surface area (Å²) in [5.74, 6) is -1.39. The molecule has 0 aliphatic heterocycles. The lowest BCUT2D eigenvalue weighted by molar-refractivity contribution is -0.138. The van der Waals surface area contributed by atoms with Crippen molar-refractivity contribution in [2.45, 2.75) is 19.5 Å². The number of aromatic amines is 1. The van der Waals surface area contributed by atoms with Gasteiger partial charge in [-0.25, -0.2) is 0 Å². The van der Waals surface area contributed by atoms with E-state index in [1.54, 1.807) is 6.92 Å². The fourth-order valence-corrected chi connectivity index (χ4v) is 1.27. The Kier molecular flexibility index (Phi) is 3.06. The SMILES string of the molecule is CCc1cc(C(F)(F)F)c(C(N)=O)c(=O)[nH]1. The van der Waals surface area contributed by atoms with Crippen molar-refractivity contribution in [1.29, 1.82) is 0 Å². The standard InChI is InChI=1S/C9H9F3N2O2/c1-2-4-3-5(9(10,11)12)6(7(13)15)8(16)14-4/h3H,2H2,1H3,(H2,13,15)(H,14,16). The lowest BCUT2D eigenvalue weighted by Gasteiger charge is -2.11.